The fourth-order valence-corrected chi connectivity index (χ4v) is 3.89. The standard InChI is InChI=1S/C18H15N3O4/c22-20(23)12-9-7-11(8-10-12)17-14-4-1-3-13(14)15-5-2-6-16(21(24)25)18(15)19-17/h1-3,5-10,13-14,17,19H,4H2. The Hall–Kier alpha value is -3.22. The fourth-order valence-electron chi connectivity index (χ4n) is 3.89. The molecule has 2 aromatic rings. The van der Waals surface area contributed by atoms with E-state index in [2.05, 4.69) is 17.5 Å². The number of anilines is 1. The monoisotopic (exact) mass is 337 g/mol. The molecule has 7 nitrogen and oxygen atoms in total. The van der Waals surface area contributed by atoms with Crippen molar-refractivity contribution in [2.24, 2.45) is 5.92 Å². The second kappa shape index (κ2) is 5.70. The van der Waals surface area contributed by atoms with E-state index < -0.39 is 4.92 Å². The van der Waals surface area contributed by atoms with Gasteiger partial charge in [-0.3, -0.25) is 20.2 Å². The van der Waals surface area contributed by atoms with E-state index in [4.69, 9.17) is 0 Å². The van der Waals surface area contributed by atoms with Crippen molar-refractivity contribution in [1.82, 2.24) is 0 Å². The average molecular weight is 337 g/mol. The Morgan fingerprint density at radius 2 is 1.76 bits per heavy atom. The van der Waals surface area contributed by atoms with Crippen molar-refractivity contribution in [3.63, 3.8) is 0 Å². The Balaban J connectivity index is 1.78. The molecule has 1 aliphatic carbocycles. The molecule has 7 heteroatoms. The van der Waals surface area contributed by atoms with Gasteiger partial charge in [-0.2, -0.15) is 0 Å². The van der Waals surface area contributed by atoms with Crippen molar-refractivity contribution < 1.29 is 9.85 Å². The van der Waals surface area contributed by atoms with Gasteiger partial charge in [0.25, 0.3) is 11.4 Å². The van der Waals surface area contributed by atoms with Crippen LogP contribution in [0.25, 0.3) is 0 Å². The number of rotatable bonds is 3. The molecule has 1 heterocycles. The second-order valence-corrected chi connectivity index (χ2v) is 6.32. The quantitative estimate of drug-likeness (QED) is 0.510. The van der Waals surface area contributed by atoms with Crippen LogP contribution in [-0.2, 0) is 0 Å². The summed E-state index contributed by atoms with van der Waals surface area (Å²) in [7, 11) is 0. The third-order valence-corrected chi connectivity index (χ3v) is 5.03. The lowest BCUT2D eigenvalue weighted by molar-refractivity contribution is -0.384. The third-order valence-electron chi connectivity index (χ3n) is 5.03. The first-order valence-corrected chi connectivity index (χ1v) is 8.01. The molecule has 4 rings (SSSR count). The van der Waals surface area contributed by atoms with E-state index >= 15 is 0 Å². The van der Waals surface area contributed by atoms with Crippen LogP contribution in [0, 0.1) is 26.1 Å². The first kappa shape index (κ1) is 15.3. The summed E-state index contributed by atoms with van der Waals surface area (Å²) in [6.45, 7) is 0. The molecule has 0 radical (unpaired) electrons. The molecule has 1 aliphatic heterocycles. The first-order chi connectivity index (χ1) is 12.1. The number of allylic oxidation sites excluding steroid dienone is 2. The van der Waals surface area contributed by atoms with E-state index in [-0.39, 0.29) is 34.2 Å². The normalized spacial score (nSPS) is 23.4. The van der Waals surface area contributed by atoms with E-state index in [1.807, 2.05) is 6.07 Å². The van der Waals surface area contributed by atoms with Gasteiger partial charge in [0.2, 0.25) is 0 Å². The van der Waals surface area contributed by atoms with E-state index in [9.17, 15) is 20.2 Å². The summed E-state index contributed by atoms with van der Waals surface area (Å²) in [4.78, 5) is 21.5. The maximum absolute atomic E-state index is 11.4. The number of nitrogens with zero attached hydrogens (tertiary/aromatic N) is 2. The number of fused-ring (bicyclic) bond motifs is 3. The second-order valence-electron chi connectivity index (χ2n) is 6.32. The molecule has 126 valence electrons. The minimum Gasteiger partial charge on any atom is -0.372 e. The molecule has 0 amide bonds. The van der Waals surface area contributed by atoms with Gasteiger partial charge in [0.15, 0.2) is 0 Å². The molecule has 25 heavy (non-hydrogen) atoms. The van der Waals surface area contributed by atoms with Crippen molar-refractivity contribution >= 4 is 17.1 Å². The van der Waals surface area contributed by atoms with Crippen LogP contribution < -0.4 is 5.32 Å². The van der Waals surface area contributed by atoms with Gasteiger partial charge < -0.3 is 5.32 Å². The molecule has 3 atom stereocenters. The molecule has 0 spiro atoms. The molecule has 2 aromatic carbocycles. The summed E-state index contributed by atoms with van der Waals surface area (Å²) in [5.41, 5.74) is 2.47. The van der Waals surface area contributed by atoms with Crippen molar-refractivity contribution in [2.75, 3.05) is 5.32 Å². The van der Waals surface area contributed by atoms with E-state index in [0.717, 1.165) is 17.5 Å². The number of nitro groups is 2. The van der Waals surface area contributed by atoms with Crippen LogP contribution in [0.4, 0.5) is 17.1 Å². The number of para-hydroxylation sites is 1. The zero-order valence-electron chi connectivity index (χ0n) is 13.2. The van der Waals surface area contributed by atoms with Crippen LogP contribution in [0.1, 0.15) is 29.5 Å². The Bertz CT molecular complexity index is 892. The highest BCUT2D eigenvalue weighted by atomic mass is 16.6. The predicted molar refractivity (Wildman–Crippen MR) is 92.5 cm³/mol. The molecule has 0 saturated carbocycles. The minimum atomic E-state index is -0.432. The summed E-state index contributed by atoms with van der Waals surface area (Å²) in [6, 6.07) is 11.4. The minimum absolute atomic E-state index is 0.0343. The van der Waals surface area contributed by atoms with Gasteiger partial charge in [-0.25, -0.2) is 0 Å². The highest BCUT2D eigenvalue weighted by Crippen LogP contribution is 2.51. The summed E-state index contributed by atoms with van der Waals surface area (Å²) in [5, 5.41) is 25.6. The average Bonchev–Trinajstić information content (AvgIpc) is 3.10. The number of benzene rings is 2. The maximum atomic E-state index is 11.4. The zero-order chi connectivity index (χ0) is 17.6. The lowest BCUT2D eigenvalue weighted by Crippen LogP contribution is -2.29. The summed E-state index contributed by atoms with van der Waals surface area (Å²) >= 11 is 0. The van der Waals surface area contributed by atoms with Gasteiger partial charge in [-0.05, 0) is 23.5 Å². The van der Waals surface area contributed by atoms with Crippen LogP contribution in [0.2, 0.25) is 0 Å². The first-order valence-electron chi connectivity index (χ1n) is 8.01. The molecule has 2 aliphatic rings. The highest BCUT2D eigenvalue weighted by Gasteiger charge is 2.40. The number of hydrogen-bond acceptors (Lipinski definition) is 5. The molecule has 1 N–H and O–H groups in total. The van der Waals surface area contributed by atoms with Crippen LogP contribution in [0.5, 0.6) is 0 Å². The molecule has 3 unspecified atom stereocenters. The number of non-ortho nitro benzene ring substituents is 1. The van der Waals surface area contributed by atoms with Crippen LogP contribution in [-0.4, -0.2) is 9.85 Å². The Morgan fingerprint density at radius 3 is 2.44 bits per heavy atom. The predicted octanol–water partition coefficient (Wildman–Crippen LogP) is 4.33. The highest BCUT2D eigenvalue weighted by molar-refractivity contribution is 5.71. The molecule has 0 aromatic heterocycles. The van der Waals surface area contributed by atoms with Crippen LogP contribution in [0.3, 0.4) is 0 Å². The van der Waals surface area contributed by atoms with Crippen molar-refractivity contribution in [2.45, 2.75) is 18.4 Å². The lowest BCUT2D eigenvalue weighted by Gasteiger charge is -2.37. The van der Waals surface area contributed by atoms with E-state index in [0.29, 0.717) is 5.69 Å². The van der Waals surface area contributed by atoms with Gasteiger partial charge >= 0.3 is 0 Å². The Kier molecular flexibility index (Phi) is 3.49. The van der Waals surface area contributed by atoms with Crippen molar-refractivity contribution in [1.29, 1.82) is 0 Å². The molecule has 0 saturated heterocycles. The number of hydrogen-bond donors (Lipinski definition) is 1. The zero-order valence-corrected chi connectivity index (χ0v) is 13.2. The number of nitro benzene ring substituents is 2. The molecular weight excluding hydrogens is 322 g/mol. The smallest absolute Gasteiger partial charge is 0.292 e. The van der Waals surface area contributed by atoms with E-state index in [1.165, 1.54) is 18.2 Å². The fraction of sp³-hybridized carbons (Fsp3) is 0.222. The van der Waals surface area contributed by atoms with Crippen LogP contribution in [0.15, 0.2) is 54.6 Å². The third kappa shape index (κ3) is 2.44. The van der Waals surface area contributed by atoms with E-state index in [1.54, 1.807) is 18.2 Å². The molecule has 0 bridgehead atoms. The van der Waals surface area contributed by atoms with Gasteiger partial charge in [0, 0.05) is 24.1 Å². The van der Waals surface area contributed by atoms with Crippen LogP contribution >= 0.6 is 0 Å². The van der Waals surface area contributed by atoms with Gasteiger partial charge in [-0.1, -0.05) is 36.4 Å². The lowest BCUT2D eigenvalue weighted by atomic mass is 9.77. The SMILES string of the molecule is O=[N+]([O-])c1ccc(C2Nc3c(cccc3[N+](=O)[O-])C3C=CCC32)cc1. The summed E-state index contributed by atoms with van der Waals surface area (Å²) < 4.78 is 0. The topological polar surface area (TPSA) is 98.3 Å². The summed E-state index contributed by atoms with van der Waals surface area (Å²) in [5.74, 6) is 0.340. The Labute approximate surface area is 143 Å². The van der Waals surface area contributed by atoms with Gasteiger partial charge in [-0.15, -0.1) is 0 Å². The van der Waals surface area contributed by atoms with Gasteiger partial charge in [0.1, 0.15) is 5.69 Å². The largest absolute Gasteiger partial charge is 0.372 e. The molecule has 0 fully saturated rings. The van der Waals surface area contributed by atoms with Gasteiger partial charge in [0.05, 0.1) is 15.9 Å². The van der Waals surface area contributed by atoms with Crippen molar-refractivity contribution in [3.8, 4) is 0 Å². The molecular formula is C18H15N3O4. The maximum Gasteiger partial charge on any atom is 0.292 e. The Morgan fingerprint density at radius 1 is 1.00 bits per heavy atom. The summed E-state index contributed by atoms with van der Waals surface area (Å²) in [6.07, 6.45) is 5.07. The number of nitrogens with one attached hydrogen (secondary N) is 1. The van der Waals surface area contributed by atoms with Crippen molar-refractivity contribution in [3.05, 3.63) is 86.0 Å².